The highest BCUT2D eigenvalue weighted by Gasteiger charge is 2.33. The van der Waals surface area contributed by atoms with Gasteiger partial charge in [-0.05, 0) is 18.6 Å². The molecule has 0 atom stereocenters. The zero-order valence-corrected chi connectivity index (χ0v) is 9.45. The van der Waals surface area contributed by atoms with E-state index in [0.717, 1.165) is 6.07 Å². The lowest BCUT2D eigenvalue weighted by atomic mass is 10.00. The molecule has 0 spiro atoms. The normalized spacial score (nSPS) is 11.5. The maximum absolute atomic E-state index is 12.5. The first-order valence-electron chi connectivity index (χ1n) is 4.14. The number of rotatable bonds is 2. The first-order chi connectivity index (χ1) is 6.88. The van der Waals surface area contributed by atoms with E-state index >= 15 is 0 Å². The van der Waals surface area contributed by atoms with Crippen molar-refractivity contribution >= 4 is 21.7 Å². The zero-order valence-electron chi connectivity index (χ0n) is 7.86. The maximum atomic E-state index is 12.5. The van der Waals surface area contributed by atoms with E-state index in [1.165, 1.54) is 19.1 Å². The molecule has 0 bridgehead atoms. The quantitative estimate of drug-likeness (QED) is 0.598. The Kier molecular flexibility index (Phi) is 3.54. The molecule has 1 rings (SSSR count). The van der Waals surface area contributed by atoms with E-state index in [9.17, 15) is 18.0 Å². The van der Waals surface area contributed by atoms with Crippen LogP contribution >= 0.6 is 15.9 Å². The van der Waals surface area contributed by atoms with Gasteiger partial charge in [0.1, 0.15) is 0 Å². The van der Waals surface area contributed by atoms with E-state index in [2.05, 4.69) is 15.9 Å². The number of Topliss-reactive ketones (excluding diaryl/α,β-unsaturated/α-hetero) is 1. The molecule has 0 aliphatic heterocycles. The second kappa shape index (κ2) is 4.35. The summed E-state index contributed by atoms with van der Waals surface area (Å²) in [5.74, 6) is -0.349. The van der Waals surface area contributed by atoms with Crippen molar-refractivity contribution in [1.29, 1.82) is 0 Å². The molecule has 0 amide bonds. The van der Waals surface area contributed by atoms with Crippen LogP contribution in [-0.4, -0.2) is 11.1 Å². The minimum atomic E-state index is -4.41. The molecule has 5 heteroatoms. The summed E-state index contributed by atoms with van der Waals surface area (Å²) < 4.78 is 37.4. The van der Waals surface area contributed by atoms with Gasteiger partial charge in [-0.3, -0.25) is 4.79 Å². The number of carbonyl (C=O) groups excluding carboxylic acids is 1. The number of hydrogen-bond donors (Lipinski definition) is 0. The van der Waals surface area contributed by atoms with Crippen LogP contribution in [-0.2, 0) is 6.18 Å². The van der Waals surface area contributed by atoms with Crippen molar-refractivity contribution in [3.63, 3.8) is 0 Å². The molecule has 82 valence electrons. The summed E-state index contributed by atoms with van der Waals surface area (Å²) >= 11 is 2.93. The van der Waals surface area contributed by atoms with Crippen molar-refractivity contribution in [1.82, 2.24) is 0 Å². The van der Waals surface area contributed by atoms with E-state index in [1.54, 1.807) is 0 Å². The summed E-state index contributed by atoms with van der Waals surface area (Å²) in [6.07, 6.45) is -4.41. The molecule has 0 saturated carbocycles. The zero-order chi connectivity index (χ0) is 11.6. The summed E-state index contributed by atoms with van der Waals surface area (Å²) in [6, 6.07) is 3.61. The molecule has 15 heavy (non-hydrogen) atoms. The Bertz CT molecular complexity index is 385. The van der Waals surface area contributed by atoms with Gasteiger partial charge in [0.25, 0.3) is 0 Å². The van der Waals surface area contributed by atoms with Gasteiger partial charge in [-0.2, -0.15) is 13.2 Å². The Morgan fingerprint density at radius 3 is 2.47 bits per heavy atom. The predicted molar refractivity (Wildman–Crippen MR) is 54.3 cm³/mol. The fraction of sp³-hybridized carbons (Fsp3) is 0.300. The first kappa shape index (κ1) is 12.2. The molecular weight excluding hydrogens is 273 g/mol. The Morgan fingerprint density at radius 1 is 1.40 bits per heavy atom. The van der Waals surface area contributed by atoms with Gasteiger partial charge < -0.3 is 0 Å². The van der Waals surface area contributed by atoms with Crippen LogP contribution in [0.1, 0.15) is 21.5 Å². The Balaban J connectivity index is 3.30. The number of benzene rings is 1. The minimum Gasteiger partial charge on any atom is -0.293 e. The monoisotopic (exact) mass is 280 g/mol. The van der Waals surface area contributed by atoms with Crippen LogP contribution in [0.3, 0.4) is 0 Å². The van der Waals surface area contributed by atoms with Gasteiger partial charge in [-0.25, -0.2) is 0 Å². The number of alkyl halides is 4. The third-order valence-corrected chi connectivity index (χ3v) is 2.57. The average molecular weight is 281 g/mol. The van der Waals surface area contributed by atoms with E-state index in [0.29, 0.717) is 0 Å². The number of carbonyl (C=O) groups is 1. The van der Waals surface area contributed by atoms with Crippen LogP contribution in [0.25, 0.3) is 0 Å². The molecule has 0 unspecified atom stereocenters. The summed E-state index contributed by atoms with van der Waals surface area (Å²) in [6.45, 7) is 1.30. The fourth-order valence-corrected chi connectivity index (χ4v) is 1.62. The summed E-state index contributed by atoms with van der Waals surface area (Å²) in [5, 5.41) is 0.0230. The summed E-state index contributed by atoms with van der Waals surface area (Å²) in [7, 11) is 0. The summed E-state index contributed by atoms with van der Waals surface area (Å²) in [4.78, 5) is 11.3. The van der Waals surface area contributed by atoms with E-state index in [1.807, 2.05) is 0 Å². The number of ketones is 1. The molecule has 0 fully saturated rings. The molecule has 0 N–H and O–H groups in total. The first-order valence-corrected chi connectivity index (χ1v) is 5.26. The van der Waals surface area contributed by atoms with E-state index in [4.69, 9.17) is 0 Å². The third-order valence-electron chi connectivity index (χ3n) is 2.06. The lowest BCUT2D eigenvalue weighted by Gasteiger charge is -2.12. The Labute approximate surface area is 93.4 Å². The summed E-state index contributed by atoms with van der Waals surface area (Å²) in [5.41, 5.74) is -0.662. The highest BCUT2D eigenvalue weighted by Crippen LogP contribution is 2.33. The van der Waals surface area contributed by atoms with Crippen molar-refractivity contribution in [2.45, 2.75) is 13.1 Å². The topological polar surface area (TPSA) is 17.1 Å². The van der Waals surface area contributed by atoms with Crippen LogP contribution in [0.5, 0.6) is 0 Å². The van der Waals surface area contributed by atoms with Crippen LogP contribution in [0.15, 0.2) is 18.2 Å². The van der Waals surface area contributed by atoms with Crippen molar-refractivity contribution in [2.24, 2.45) is 0 Å². The largest absolute Gasteiger partial charge is 0.416 e. The average Bonchev–Trinajstić information content (AvgIpc) is 2.15. The minimum absolute atomic E-state index is 0.0190. The fourth-order valence-electron chi connectivity index (χ4n) is 1.32. The molecule has 0 aliphatic rings. The molecular formula is C10H8BrF3O. The second-order valence-electron chi connectivity index (χ2n) is 3.03. The molecule has 0 aromatic heterocycles. The smallest absolute Gasteiger partial charge is 0.293 e. The third kappa shape index (κ3) is 2.59. The number of hydrogen-bond acceptors (Lipinski definition) is 1. The van der Waals surface area contributed by atoms with E-state index in [-0.39, 0.29) is 22.2 Å². The van der Waals surface area contributed by atoms with Gasteiger partial charge in [0.15, 0.2) is 5.78 Å². The van der Waals surface area contributed by atoms with E-state index < -0.39 is 11.7 Å². The second-order valence-corrected chi connectivity index (χ2v) is 3.59. The lowest BCUT2D eigenvalue weighted by Crippen LogP contribution is -2.12. The van der Waals surface area contributed by atoms with Crippen molar-refractivity contribution in [3.8, 4) is 0 Å². The molecule has 0 saturated heterocycles. The Morgan fingerprint density at radius 2 is 2.00 bits per heavy atom. The Hall–Kier alpha value is -0.840. The van der Waals surface area contributed by atoms with Crippen molar-refractivity contribution < 1.29 is 18.0 Å². The van der Waals surface area contributed by atoms with Crippen LogP contribution in [0.2, 0.25) is 0 Å². The van der Waals surface area contributed by atoms with Crippen molar-refractivity contribution in [3.05, 3.63) is 34.9 Å². The molecule has 1 aromatic rings. The maximum Gasteiger partial charge on any atom is 0.416 e. The van der Waals surface area contributed by atoms with Gasteiger partial charge in [0.2, 0.25) is 0 Å². The van der Waals surface area contributed by atoms with Gasteiger partial charge in [-0.15, -0.1) is 0 Å². The SMILES string of the molecule is Cc1c(C(=O)CBr)cccc1C(F)(F)F. The predicted octanol–water partition coefficient (Wildman–Crippen LogP) is 3.59. The highest BCUT2D eigenvalue weighted by molar-refractivity contribution is 9.09. The molecule has 0 aliphatic carbocycles. The lowest BCUT2D eigenvalue weighted by molar-refractivity contribution is -0.138. The molecule has 1 aromatic carbocycles. The van der Waals surface area contributed by atoms with Gasteiger partial charge >= 0.3 is 6.18 Å². The highest BCUT2D eigenvalue weighted by atomic mass is 79.9. The van der Waals surface area contributed by atoms with Crippen LogP contribution in [0.4, 0.5) is 13.2 Å². The van der Waals surface area contributed by atoms with Gasteiger partial charge in [0, 0.05) is 5.56 Å². The standard InChI is InChI=1S/C10H8BrF3O/c1-6-7(9(15)5-11)3-2-4-8(6)10(12,13)14/h2-4H,5H2,1H3. The van der Waals surface area contributed by atoms with Crippen LogP contribution < -0.4 is 0 Å². The van der Waals surface area contributed by atoms with Gasteiger partial charge in [0.05, 0.1) is 10.9 Å². The van der Waals surface area contributed by atoms with Gasteiger partial charge in [-0.1, -0.05) is 28.1 Å². The molecule has 1 nitrogen and oxygen atoms in total. The number of halogens is 4. The van der Waals surface area contributed by atoms with Crippen LogP contribution in [0, 0.1) is 6.92 Å². The molecule has 0 radical (unpaired) electrons. The molecule has 0 heterocycles. The van der Waals surface area contributed by atoms with Crippen molar-refractivity contribution in [2.75, 3.05) is 5.33 Å².